The summed E-state index contributed by atoms with van der Waals surface area (Å²) in [7, 11) is 2.77. The first-order valence-electron chi connectivity index (χ1n) is 10.4. The molecule has 0 bridgehead atoms. The molecule has 0 aliphatic carbocycles. The average Bonchev–Trinajstić information content (AvgIpc) is 3.23. The summed E-state index contributed by atoms with van der Waals surface area (Å²) in [6.07, 6.45) is 4.20. The van der Waals surface area contributed by atoms with Gasteiger partial charge in [-0.25, -0.2) is 0 Å². The molecule has 7 nitrogen and oxygen atoms in total. The van der Waals surface area contributed by atoms with Crippen LogP contribution >= 0.6 is 0 Å². The Morgan fingerprint density at radius 1 is 1.21 bits per heavy atom. The lowest BCUT2D eigenvalue weighted by Crippen LogP contribution is -2.03. The first kappa shape index (κ1) is 23.7. The van der Waals surface area contributed by atoms with Crippen LogP contribution in [0.1, 0.15) is 52.4 Å². The van der Waals surface area contributed by atoms with Crippen LogP contribution in [0.2, 0.25) is 0 Å². The number of allylic oxidation sites excluding steroid dienone is 1. The third-order valence-corrected chi connectivity index (χ3v) is 5.00. The molecule has 170 valence electrons. The maximum Gasteiger partial charge on any atom is 0.260 e. The van der Waals surface area contributed by atoms with Gasteiger partial charge in [0.15, 0.2) is 5.82 Å². The van der Waals surface area contributed by atoms with Crippen LogP contribution in [0.5, 0.6) is 5.75 Å². The molecule has 0 N–H and O–H groups in total. The number of halogens is 1. The third-order valence-electron chi connectivity index (χ3n) is 5.00. The van der Waals surface area contributed by atoms with Crippen LogP contribution in [-0.4, -0.2) is 30.3 Å². The van der Waals surface area contributed by atoms with E-state index < -0.39 is 5.97 Å². The van der Waals surface area contributed by atoms with E-state index in [2.05, 4.69) is 32.3 Å². The topological polar surface area (TPSA) is 93.5 Å². The summed E-state index contributed by atoms with van der Waals surface area (Å²) < 4.78 is 25.3. The number of aryl methyl sites for hydroxylation is 3. The number of ether oxygens (including phenoxy) is 1. The molecular formula is C25H25FN4O3. The van der Waals surface area contributed by atoms with Gasteiger partial charge in [-0.3, -0.25) is 0 Å². The summed E-state index contributed by atoms with van der Waals surface area (Å²) in [4.78, 5) is 8.85. The second-order valence-corrected chi connectivity index (χ2v) is 7.38. The summed E-state index contributed by atoms with van der Waals surface area (Å²) in [5.41, 5.74) is 3.97. The number of nitriles is 1. The number of hydrogen-bond acceptors (Lipinski definition) is 7. The third kappa shape index (κ3) is 5.83. The molecule has 0 saturated heterocycles. The molecule has 0 fully saturated rings. The summed E-state index contributed by atoms with van der Waals surface area (Å²) in [6.45, 7) is 3.62. The largest absolute Gasteiger partial charge is 0.496 e. The fraction of sp³-hybridized carbons (Fsp3) is 0.280. The van der Waals surface area contributed by atoms with Crippen LogP contribution in [0.15, 0.2) is 52.2 Å². The van der Waals surface area contributed by atoms with Crippen LogP contribution < -0.4 is 4.74 Å². The second kappa shape index (κ2) is 11.0. The highest BCUT2D eigenvalue weighted by molar-refractivity contribution is 5.98. The maximum atomic E-state index is 14.7. The van der Waals surface area contributed by atoms with Crippen molar-refractivity contribution in [1.29, 1.82) is 5.26 Å². The number of oxime groups is 1. The van der Waals surface area contributed by atoms with Crippen molar-refractivity contribution < 1.29 is 18.5 Å². The van der Waals surface area contributed by atoms with E-state index in [0.29, 0.717) is 35.9 Å². The Morgan fingerprint density at radius 2 is 2.03 bits per heavy atom. The van der Waals surface area contributed by atoms with E-state index in [4.69, 9.17) is 9.26 Å². The minimum atomic E-state index is -0.781. The molecule has 3 aromatic rings. The molecule has 33 heavy (non-hydrogen) atoms. The fourth-order valence-electron chi connectivity index (χ4n) is 3.58. The number of hydrogen-bond donors (Lipinski definition) is 0. The van der Waals surface area contributed by atoms with Gasteiger partial charge in [0.2, 0.25) is 5.89 Å². The lowest BCUT2D eigenvalue weighted by atomic mass is 9.92. The molecule has 0 unspecified atom stereocenters. The van der Waals surface area contributed by atoms with Crippen LogP contribution in [0.4, 0.5) is 4.39 Å². The predicted octanol–water partition coefficient (Wildman–Crippen LogP) is 5.30. The van der Waals surface area contributed by atoms with E-state index >= 15 is 0 Å². The zero-order valence-electron chi connectivity index (χ0n) is 19.1. The van der Waals surface area contributed by atoms with E-state index in [-0.39, 0.29) is 5.56 Å². The van der Waals surface area contributed by atoms with Gasteiger partial charge >= 0.3 is 0 Å². The number of rotatable bonds is 9. The predicted molar refractivity (Wildman–Crippen MR) is 123 cm³/mol. The average molecular weight is 448 g/mol. The maximum absolute atomic E-state index is 14.7. The van der Waals surface area contributed by atoms with Gasteiger partial charge in [-0.1, -0.05) is 28.5 Å². The smallest absolute Gasteiger partial charge is 0.260 e. The molecule has 0 aliphatic heterocycles. The molecule has 0 atom stereocenters. The van der Waals surface area contributed by atoms with Gasteiger partial charge in [0.1, 0.15) is 12.9 Å². The SMILES string of the molecule is CON=C(F)c1cc(/C(=C\CCCc2nc(C)no2)c2cccc(C#N)c2)cc(C)c1OC. The normalized spacial score (nSPS) is 11.9. The molecule has 2 aromatic carbocycles. The molecule has 0 aliphatic rings. The van der Waals surface area contributed by atoms with Gasteiger partial charge in [0.25, 0.3) is 5.97 Å². The molecule has 0 spiro atoms. The van der Waals surface area contributed by atoms with E-state index in [9.17, 15) is 9.65 Å². The van der Waals surface area contributed by atoms with Crippen molar-refractivity contribution in [2.45, 2.75) is 33.1 Å². The molecule has 1 aromatic heterocycles. The number of benzene rings is 2. The molecule has 0 radical (unpaired) electrons. The number of aromatic nitrogens is 2. The molecule has 8 heteroatoms. The Kier molecular flexibility index (Phi) is 7.92. The summed E-state index contributed by atoms with van der Waals surface area (Å²) in [6, 6.07) is 13.1. The Labute approximate surface area is 192 Å². The van der Waals surface area contributed by atoms with E-state index in [1.807, 2.05) is 31.2 Å². The standard InChI is InChI=1S/C25H25FN4O3/c1-16-12-20(14-22(24(16)31-3)25(26)30-32-4)21(19-9-7-8-18(13-19)15-27)10-5-6-11-23-28-17(2)29-33-23/h7-10,12-14H,5-6,11H2,1-4H3/b21-10-,30-25?. The quantitative estimate of drug-likeness (QED) is 0.251. The van der Waals surface area contributed by atoms with Crippen molar-refractivity contribution in [3.63, 3.8) is 0 Å². The summed E-state index contributed by atoms with van der Waals surface area (Å²) in [5.74, 6) is 0.801. The Bertz CT molecular complexity index is 1220. The van der Waals surface area contributed by atoms with E-state index in [1.54, 1.807) is 19.1 Å². The summed E-state index contributed by atoms with van der Waals surface area (Å²) in [5, 5.41) is 16.6. The monoisotopic (exact) mass is 448 g/mol. The number of nitrogens with zero attached hydrogens (tertiary/aromatic N) is 4. The second-order valence-electron chi connectivity index (χ2n) is 7.38. The van der Waals surface area contributed by atoms with Gasteiger partial charge in [0, 0.05) is 6.42 Å². The van der Waals surface area contributed by atoms with Crippen LogP contribution in [0.3, 0.4) is 0 Å². The van der Waals surface area contributed by atoms with E-state index in [0.717, 1.165) is 28.7 Å². The van der Waals surface area contributed by atoms with Gasteiger partial charge in [-0.05, 0) is 73.2 Å². The van der Waals surface area contributed by atoms with Crippen LogP contribution in [-0.2, 0) is 11.3 Å². The molecule has 0 saturated carbocycles. The highest BCUT2D eigenvalue weighted by Crippen LogP contribution is 2.33. The highest BCUT2D eigenvalue weighted by atomic mass is 19.1. The molecular weight excluding hydrogens is 423 g/mol. The Balaban J connectivity index is 2.03. The lowest BCUT2D eigenvalue weighted by Gasteiger charge is -2.15. The highest BCUT2D eigenvalue weighted by Gasteiger charge is 2.17. The van der Waals surface area contributed by atoms with Gasteiger partial charge in [0.05, 0.1) is 24.3 Å². The zero-order valence-corrected chi connectivity index (χ0v) is 19.1. The zero-order chi connectivity index (χ0) is 23.8. The van der Waals surface area contributed by atoms with Gasteiger partial charge in [-0.15, -0.1) is 0 Å². The van der Waals surface area contributed by atoms with E-state index in [1.165, 1.54) is 14.2 Å². The number of unbranched alkanes of at least 4 members (excludes halogenated alkanes) is 1. The minimum Gasteiger partial charge on any atom is -0.496 e. The molecule has 1 heterocycles. The van der Waals surface area contributed by atoms with Crippen molar-refractivity contribution in [2.24, 2.45) is 5.16 Å². The fourth-order valence-corrected chi connectivity index (χ4v) is 3.58. The number of methoxy groups -OCH3 is 1. The van der Waals surface area contributed by atoms with Gasteiger partial charge < -0.3 is 14.1 Å². The van der Waals surface area contributed by atoms with Gasteiger partial charge in [-0.2, -0.15) is 14.6 Å². The van der Waals surface area contributed by atoms with Crippen molar-refractivity contribution in [2.75, 3.05) is 14.2 Å². The van der Waals surface area contributed by atoms with Crippen molar-refractivity contribution >= 4 is 11.5 Å². The summed E-state index contributed by atoms with van der Waals surface area (Å²) >= 11 is 0. The first-order valence-corrected chi connectivity index (χ1v) is 10.4. The minimum absolute atomic E-state index is 0.193. The first-order chi connectivity index (χ1) is 16.0. The Hall–Kier alpha value is -3.99. The van der Waals surface area contributed by atoms with Crippen LogP contribution in [0, 0.1) is 25.2 Å². The molecule has 0 amide bonds. The lowest BCUT2D eigenvalue weighted by molar-refractivity contribution is 0.209. The van der Waals surface area contributed by atoms with Crippen LogP contribution in [0.25, 0.3) is 5.57 Å². The molecule has 3 rings (SSSR count). The van der Waals surface area contributed by atoms with Crippen molar-refractivity contribution in [1.82, 2.24) is 10.1 Å². The van der Waals surface area contributed by atoms with Crippen molar-refractivity contribution in [3.05, 3.63) is 82.0 Å². The Morgan fingerprint density at radius 3 is 2.70 bits per heavy atom. The van der Waals surface area contributed by atoms with Crippen molar-refractivity contribution in [3.8, 4) is 11.8 Å².